The number of hydrogen-bond donors (Lipinski definition) is 0. The summed E-state index contributed by atoms with van der Waals surface area (Å²) in [5.41, 5.74) is 0.934. The number of carbonyl (C=O) groups excluding carboxylic acids is 2. The Morgan fingerprint density at radius 3 is 1.87 bits per heavy atom. The Morgan fingerprint density at radius 2 is 1.33 bits per heavy atom. The van der Waals surface area contributed by atoms with Crippen LogP contribution in [0, 0.1) is 0 Å². The van der Waals surface area contributed by atoms with E-state index in [1.165, 1.54) is 64.2 Å². The average molecular weight is 417 g/mol. The minimum Gasteiger partial charge on any atom is -0.494 e. The molecule has 0 unspecified atom stereocenters. The van der Waals surface area contributed by atoms with Gasteiger partial charge in [-0.2, -0.15) is 0 Å². The zero-order valence-electron chi connectivity index (χ0n) is 18.3. The fraction of sp³-hybridized carbons (Fsp3) is 0.520. The molecule has 0 aromatic heterocycles. The monoisotopic (exact) mass is 416 g/mol. The van der Waals surface area contributed by atoms with E-state index in [0.717, 1.165) is 37.2 Å². The third-order valence-corrected chi connectivity index (χ3v) is 4.71. The van der Waals surface area contributed by atoms with Gasteiger partial charge in [-0.3, -0.25) is 0 Å². The Labute approximate surface area is 181 Å². The van der Waals surface area contributed by atoms with Crippen LogP contribution in [0.15, 0.2) is 43.0 Å². The van der Waals surface area contributed by atoms with Gasteiger partial charge in [0, 0.05) is 12.2 Å². The Hall–Kier alpha value is -2.56. The number of ether oxygens (including phenoxy) is 3. The van der Waals surface area contributed by atoms with Crippen LogP contribution in [0.1, 0.15) is 69.8 Å². The largest absolute Gasteiger partial charge is 0.494 e. The van der Waals surface area contributed by atoms with Crippen molar-refractivity contribution in [2.24, 2.45) is 0 Å². The number of rotatable bonds is 17. The second-order valence-corrected chi connectivity index (χ2v) is 7.18. The van der Waals surface area contributed by atoms with Gasteiger partial charge in [-0.05, 0) is 36.6 Å². The third-order valence-electron chi connectivity index (χ3n) is 4.71. The first-order valence-corrected chi connectivity index (χ1v) is 10.9. The molecule has 0 bridgehead atoms. The van der Waals surface area contributed by atoms with E-state index in [2.05, 4.69) is 11.3 Å². The van der Waals surface area contributed by atoms with Gasteiger partial charge in [0.05, 0.1) is 20.3 Å². The third kappa shape index (κ3) is 13.6. The van der Waals surface area contributed by atoms with Crippen LogP contribution < -0.4 is 4.74 Å². The van der Waals surface area contributed by atoms with Crippen LogP contribution in [0.3, 0.4) is 0 Å². The van der Waals surface area contributed by atoms with E-state index >= 15 is 0 Å². The van der Waals surface area contributed by atoms with Crippen molar-refractivity contribution in [3.8, 4) is 5.75 Å². The second-order valence-electron chi connectivity index (χ2n) is 7.18. The van der Waals surface area contributed by atoms with Crippen LogP contribution >= 0.6 is 0 Å². The normalized spacial score (nSPS) is 10.7. The molecule has 1 rings (SSSR count). The molecule has 0 saturated carbocycles. The lowest BCUT2D eigenvalue weighted by molar-refractivity contribution is -0.138. The van der Waals surface area contributed by atoms with Crippen molar-refractivity contribution in [2.45, 2.75) is 64.2 Å². The smallest absolute Gasteiger partial charge is 0.330 e. The molecule has 0 atom stereocenters. The molecule has 1 aromatic carbocycles. The minimum atomic E-state index is -0.362. The van der Waals surface area contributed by atoms with E-state index in [0.29, 0.717) is 6.61 Å². The molecule has 0 amide bonds. The fourth-order valence-corrected chi connectivity index (χ4v) is 2.95. The molecule has 0 heterocycles. The second kappa shape index (κ2) is 17.3. The highest BCUT2D eigenvalue weighted by atomic mass is 16.5. The number of esters is 2. The quantitative estimate of drug-likeness (QED) is 0.180. The average Bonchev–Trinajstić information content (AvgIpc) is 2.78. The molecular formula is C25H36O5. The summed E-state index contributed by atoms with van der Waals surface area (Å²) in [4.78, 5) is 22.0. The van der Waals surface area contributed by atoms with E-state index in [1.54, 1.807) is 6.08 Å². The molecule has 0 fully saturated rings. The van der Waals surface area contributed by atoms with Crippen molar-refractivity contribution < 1.29 is 23.8 Å². The highest BCUT2D eigenvalue weighted by Crippen LogP contribution is 2.15. The fourth-order valence-electron chi connectivity index (χ4n) is 2.95. The van der Waals surface area contributed by atoms with Crippen LogP contribution in [0.2, 0.25) is 0 Å². The number of carbonyl (C=O) groups is 2. The maximum atomic E-state index is 11.1. The Morgan fingerprint density at radius 1 is 0.800 bits per heavy atom. The van der Waals surface area contributed by atoms with Gasteiger partial charge in [0.25, 0.3) is 0 Å². The summed E-state index contributed by atoms with van der Waals surface area (Å²) in [7, 11) is 1.36. The molecule has 1 aromatic rings. The summed E-state index contributed by atoms with van der Waals surface area (Å²) in [6.45, 7) is 4.61. The van der Waals surface area contributed by atoms with Gasteiger partial charge in [0.1, 0.15) is 5.75 Å². The maximum absolute atomic E-state index is 11.1. The lowest BCUT2D eigenvalue weighted by atomic mass is 10.1. The molecular weight excluding hydrogens is 380 g/mol. The molecule has 0 aliphatic heterocycles. The molecule has 5 nitrogen and oxygen atoms in total. The van der Waals surface area contributed by atoms with E-state index in [9.17, 15) is 9.59 Å². The molecule has 5 heteroatoms. The number of unbranched alkanes of at least 4 members (excludes halogenated alkanes) is 9. The van der Waals surface area contributed by atoms with Crippen LogP contribution in [-0.4, -0.2) is 32.3 Å². The predicted molar refractivity (Wildman–Crippen MR) is 120 cm³/mol. The molecule has 0 saturated heterocycles. The van der Waals surface area contributed by atoms with Crippen molar-refractivity contribution in [3.05, 3.63) is 48.6 Å². The highest BCUT2D eigenvalue weighted by Gasteiger charge is 1.98. The van der Waals surface area contributed by atoms with Crippen LogP contribution in [0.4, 0.5) is 0 Å². The zero-order chi connectivity index (χ0) is 21.9. The summed E-state index contributed by atoms with van der Waals surface area (Å²) in [6, 6.07) is 7.67. The first kappa shape index (κ1) is 25.5. The van der Waals surface area contributed by atoms with Gasteiger partial charge in [0.15, 0.2) is 0 Å². The predicted octanol–water partition coefficient (Wildman–Crippen LogP) is 5.88. The van der Waals surface area contributed by atoms with Crippen molar-refractivity contribution in [1.29, 1.82) is 0 Å². The van der Waals surface area contributed by atoms with Crippen molar-refractivity contribution in [1.82, 2.24) is 0 Å². The summed E-state index contributed by atoms with van der Waals surface area (Å²) >= 11 is 0. The topological polar surface area (TPSA) is 61.8 Å². The maximum Gasteiger partial charge on any atom is 0.330 e. The molecule has 0 aliphatic rings. The first-order valence-electron chi connectivity index (χ1n) is 10.9. The summed E-state index contributed by atoms with van der Waals surface area (Å²) < 4.78 is 15.3. The standard InChI is InChI=1S/C25H36O5/c1-3-24(26)30-21-13-11-9-7-5-4-6-8-10-12-20-29-23-17-14-22(15-18-23)16-19-25(27)28-2/h3,14-19H,1,4-13,20-21H2,2H3/b19-16+. The zero-order valence-corrected chi connectivity index (χ0v) is 18.3. The van der Waals surface area contributed by atoms with Crippen LogP contribution in [0.25, 0.3) is 6.08 Å². The Balaban J connectivity index is 1.91. The van der Waals surface area contributed by atoms with Gasteiger partial charge >= 0.3 is 11.9 Å². The van der Waals surface area contributed by atoms with Crippen molar-refractivity contribution in [3.63, 3.8) is 0 Å². The van der Waals surface area contributed by atoms with Gasteiger partial charge < -0.3 is 14.2 Å². The Kier molecular flexibility index (Phi) is 14.7. The van der Waals surface area contributed by atoms with E-state index in [-0.39, 0.29) is 11.9 Å². The first-order chi connectivity index (χ1) is 14.7. The lowest BCUT2D eigenvalue weighted by Gasteiger charge is -2.06. The Bertz CT molecular complexity index is 633. The molecule has 0 aliphatic carbocycles. The van der Waals surface area contributed by atoms with Crippen LogP contribution in [0.5, 0.6) is 5.75 Å². The summed E-state index contributed by atoms with van der Waals surface area (Å²) in [6.07, 6.45) is 16.2. The lowest BCUT2D eigenvalue weighted by Crippen LogP contribution is -2.01. The molecule has 0 N–H and O–H groups in total. The molecule has 166 valence electrons. The summed E-state index contributed by atoms with van der Waals surface area (Å²) in [5.74, 6) is 0.159. The molecule has 30 heavy (non-hydrogen) atoms. The van der Waals surface area contributed by atoms with Gasteiger partial charge in [0.2, 0.25) is 0 Å². The van der Waals surface area contributed by atoms with Crippen molar-refractivity contribution >= 4 is 18.0 Å². The van der Waals surface area contributed by atoms with E-state index < -0.39 is 0 Å². The van der Waals surface area contributed by atoms with Crippen LogP contribution in [-0.2, 0) is 19.1 Å². The highest BCUT2D eigenvalue weighted by molar-refractivity contribution is 5.86. The van der Waals surface area contributed by atoms with Gasteiger partial charge in [-0.1, -0.05) is 70.1 Å². The van der Waals surface area contributed by atoms with E-state index in [4.69, 9.17) is 9.47 Å². The number of hydrogen-bond acceptors (Lipinski definition) is 5. The van der Waals surface area contributed by atoms with Gasteiger partial charge in [-0.25, -0.2) is 9.59 Å². The number of methoxy groups -OCH3 is 1. The molecule has 0 spiro atoms. The van der Waals surface area contributed by atoms with E-state index in [1.807, 2.05) is 24.3 Å². The minimum absolute atomic E-state index is 0.330. The van der Waals surface area contributed by atoms with Gasteiger partial charge in [-0.15, -0.1) is 0 Å². The SMILES string of the molecule is C=CC(=O)OCCCCCCCCCCCCOc1ccc(/C=C/C(=O)OC)cc1. The van der Waals surface area contributed by atoms with Crippen molar-refractivity contribution in [2.75, 3.05) is 20.3 Å². The number of benzene rings is 1. The summed E-state index contributed by atoms with van der Waals surface area (Å²) in [5, 5.41) is 0. The molecule has 0 radical (unpaired) electrons.